The van der Waals surface area contributed by atoms with Gasteiger partial charge in [-0.05, 0) is 55.7 Å². The summed E-state index contributed by atoms with van der Waals surface area (Å²) in [6, 6.07) is 17.7. The molecule has 3 aromatic rings. The Kier molecular flexibility index (Phi) is 4.41. The van der Waals surface area contributed by atoms with Crippen LogP contribution in [0.25, 0.3) is 0 Å². The van der Waals surface area contributed by atoms with Crippen molar-refractivity contribution >= 4 is 0 Å². The molecule has 0 amide bonds. The van der Waals surface area contributed by atoms with Gasteiger partial charge in [-0.3, -0.25) is 9.88 Å². The predicted octanol–water partition coefficient (Wildman–Crippen LogP) is 4.50. The van der Waals surface area contributed by atoms with Crippen LogP contribution in [-0.2, 0) is 13.1 Å². The molecule has 1 atom stereocenters. The van der Waals surface area contributed by atoms with E-state index in [9.17, 15) is 0 Å². The number of aromatic nitrogens is 2. The fourth-order valence-electron chi connectivity index (χ4n) is 3.92. The number of hydrogen-bond donors (Lipinski definition) is 0. The van der Waals surface area contributed by atoms with Gasteiger partial charge in [0.05, 0.1) is 11.7 Å². The SMILES string of the molecule is Cc1ccc(C)c(C2c3cccn3CCCN2Cc2ccccn2)c1. The minimum absolute atomic E-state index is 0.277. The molecular weight excluding hydrogens is 306 g/mol. The van der Waals surface area contributed by atoms with Gasteiger partial charge in [-0.1, -0.05) is 29.8 Å². The Morgan fingerprint density at radius 2 is 1.96 bits per heavy atom. The van der Waals surface area contributed by atoms with E-state index in [0.29, 0.717) is 0 Å². The topological polar surface area (TPSA) is 21.1 Å². The van der Waals surface area contributed by atoms with Crippen molar-refractivity contribution in [1.82, 2.24) is 14.5 Å². The monoisotopic (exact) mass is 331 g/mol. The molecule has 1 unspecified atom stereocenters. The van der Waals surface area contributed by atoms with Gasteiger partial charge in [-0.25, -0.2) is 0 Å². The maximum atomic E-state index is 4.57. The van der Waals surface area contributed by atoms with E-state index >= 15 is 0 Å². The Balaban J connectivity index is 1.80. The molecule has 3 nitrogen and oxygen atoms in total. The van der Waals surface area contributed by atoms with E-state index in [0.717, 1.165) is 31.7 Å². The minimum atomic E-state index is 0.277. The van der Waals surface area contributed by atoms with Crippen molar-refractivity contribution in [3.63, 3.8) is 0 Å². The molecule has 25 heavy (non-hydrogen) atoms. The zero-order chi connectivity index (χ0) is 17.2. The number of pyridine rings is 1. The molecule has 1 aromatic carbocycles. The first kappa shape index (κ1) is 16.1. The Morgan fingerprint density at radius 1 is 1.04 bits per heavy atom. The lowest BCUT2D eigenvalue weighted by atomic mass is 9.95. The molecule has 0 fully saturated rings. The van der Waals surface area contributed by atoms with Crippen molar-refractivity contribution in [3.05, 3.63) is 89.0 Å². The van der Waals surface area contributed by atoms with E-state index in [1.165, 1.54) is 22.4 Å². The van der Waals surface area contributed by atoms with E-state index in [4.69, 9.17) is 0 Å². The Hall–Kier alpha value is -2.39. The van der Waals surface area contributed by atoms with Crippen LogP contribution in [0.4, 0.5) is 0 Å². The average molecular weight is 331 g/mol. The van der Waals surface area contributed by atoms with Gasteiger partial charge in [0.1, 0.15) is 0 Å². The van der Waals surface area contributed by atoms with Gasteiger partial charge in [0.15, 0.2) is 0 Å². The molecule has 0 spiro atoms. The summed E-state index contributed by atoms with van der Waals surface area (Å²) in [5.74, 6) is 0. The number of rotatable bonds is 3. The zero-order valence-corrected chi connectivity index (χ0v) is 15.0. The van der Waals surface area contributed by atoms with Crippen LogP contribution in [0.5, 0.6) is 0 Å². The molecule has 3 heteroatoms. The molecule has 0 saturated carbocycles. The average Bonchev–Trinajstić information content (AvgIpc) is 3.00. The molecule has 0 aliphatic carbocycles. The summed E-state index contributed by atoms with van der Waals surface area (Å²) in [5.41, 5.74) is 6.62. The summed E-state index contributed by atoms with van der Waals surface area (Å²) in [5, 5.41) is 0. The van der Waals surface area contributed by atoms with Gasteiger partial charge >= 0.3 is 0 Å². The largest absolute Gasteiger partial charge is 0.350 e. The van der Waals surface area contributed by atoms with Crippen LogP contribution in [0.3, 0.4) is 0 Å². The maximum Gasteiger partial charge on any atom is 0.0762 e. The predicted molar refractivity (Wildman–Crippen MR) is 101 cm³/mol. The molecule has 1 aliphatic rings. The third kappa shape index (κ3) is 3.24. The van der Waals surface area contributed by atoms with Crippen LogP contribution in [0.1, 0.15) is 40.5 Å². The third-order valence-corrected chi connectivity index (χ3v) is 5.17. The van der Waals surface area contributed by atoms with Gasteiger partial charge in [-0.2, -0.15) is 0 Å². The van der Waals surface area contributed by atoms with E-state index < -0.39 is 0 Å². The summed E-state index contributed by atoms with van der Waals surface area (Å²) in [4.78, 5) is 7.15. The Morgan fingerprint density at radius 3 is 2.80 bits per heavy atom. The lowest BCUT2D eigenvalue weighted by molar-refractivity contribution is 0.217. The summed E-state index contributed by atoms with van der Waals surface area (Å²) in [6.07, 6.45) is 5.27. The van der Waals surface area contributed by atoms with Crippen molar-refractivity contribution in [1.29, 1.82) is 0 Å². The number of fused-ring (bicyclic) bond motifs is 1. The molecule has 4 rings (SSSR count). The molecular formula is C22H25N3. The van der Waals surface area contributed by atoms with Crippen molar-refractivity contribution < 1.29 is 0 Å². The van der Waals surface area contributed by atoms with E-state index in [-0.39, 0.29) is 6.04 Å². The van der Waals surface area contributed by atoms with Gasteiger partial charge in [0, 0.05) is 37.7 Å². The molecule has 3 heterocycles. The lowest BCUT2D eigenvalue weighted by Gasteiger charge is -2.31. The van der Waals surface area contributed by atoms with Crippen LogP contribution in [-0.4, -0.2) is 21.0 Å². The maximum absolute atomic E-state index is 4.57. The fourth-order valence-corrected chi connectivity index (χ4v) is 3.92. The normalized spacial score (nSPS) is 17.9. The second-order valence-corrected chi connectivity index (χ2v) is 7.03. The first-order valence-corrected chi connectivity index (χ1v) is 9.08. The Labute approximate surface area is 149 Å². The van der Waals surface area contributed by atoms with Crippen molar-refractivity contribution in [2.45, 2.75) is 39.4 Å². The lowest BCUT2D eigenvalue weighted by Crippen LogP contribution is -2.30. The van der Waals surface area contributed by atoms with Crippen LogP contribution in [0.15, 0.2) is 60.9 Å². The van der Waals surface area contributed by atoms with E-state index in [1.807, 2.05) is 12.3 Å². The standard InChI is InChI=1S/C22H25N3/c1-17-9-10-18(2)20(15-17)22-21-8-5-12-24(21)13-6-14-25(22)16-19-7-3-4-11-23-19/h3-5,7-12,15,22H,6,13-14,16H2,1-2H3. The molecule has 128 valence electrons. The fraction of sp³-hybridized carbons (Fsp3) is 0.318. The summed E-state index contributed by atoms with van der Waals surface area (Å²) in [6.45, 7) is 7.45. The highest BCUT2D eigenvalue weighted by Gasteiger charge is 2.28. The smallest absolute Gasteiger partial charge is 0.0762 e. The van der Waals surface area contributed by atoms with Crippen molar-refractivity contribution in [2.75, 3.05) is 6.54 Å². The first-order valence-electron chi connectivity index (χ1n) is 9.08. The van der Waals surface area contributed by atoms with Gasteiger partial charge in [0.25, 0.3) is 0 Å². The number of nitrogens with zero attached hydrogens (tertiary/aromatic N) is 3. The first-order chi connectivity index (χ1) is 12.2. The summed E-state index contributed by atoms with van der Waals surface area (Å²) in [7, 11) is 0. The van der Waals surface area contributed by atoms with Gasteiger partial charge < -0.3 is 4.57 Å². The summed E-state index contributed by atoms with van der Waals surface area (Å²) >= 11 is 0. The molecule has 1 aliphatic heterocycles. The highest BCUT2D eigenvalue weighted by atomic mass is 15.2. The van der Waals surface area contributed by atoms with Gasteiger partial charge in [0.2, 0.25) is 0 Å². The van der Waals surface area contributed by atoms with Gasteiger partial charge in [-0.15, -0.1) is 0 Å². The van der Waals surface area contributed by atoms with Crippen LogP contribution in [0.2, 0.25) is 0 Å². The number of aryl methyl sites for hydroxylation is 3. The van der Waals surface area contributed by atoms with Crippen molar-refractivity contribution in [3.8, 4) is 0 Å². The minimum Gasteiger partial charge on any atom is -0.350 e. The van der Waals surface area contributed by atoms with Crippen molar-refractivity contribution in [2.24, 2.45) is 0 Å². The van der Waals surface area contributed by atoms with Crippen LogP contribution < -0.4 is 0 Å². The quantitative estimate of drug-likeness (QED) is 0.705. The second kappa shape index (κ2) is 6.85. The van der Waals surface area contributed by atoms with E-state index in [2.05, 4.69) is 77.0 Å². The molecule has 0 saturated heterocycles. The molecule has 0 N–H and O–H groups in total. The van der Waals surface area contributed by atoms with E-state index in [1.54, 1.807) is 0 Å². The highest BCUT2D eigenvalue weighted by molar-refractivity contribution is 5.38. The van der Waals surface area contributed by atoms with Crippen LogP contribution in [0, 0.1) is 13.8 Å². The molecule has 0 bridgehead atoms. The third-order valence-electron chi connectivity index (χ3n) is 5.17. The number of hydrogen-bond acceptors (Lipinski definition) is 2. The molecule has 2 aromatic heterocycles. The second-order valence-electron chi connectivity index (χ2n) is 7.03. The summed E-state index contributed by atoms with van der Waals surface area (Å²) < 4.78 is 2.42. The molecule has 0 radical (unpaired) electrons. The zero-order valence-electron chi connectivity index (χ0n) is 15.0. The number of benzene rings is 1. The van der Waals surface area contributed by atoms with Crippen LogP contribution >= 0.6 is 0 Å². The highest BCUT2D eigenvalue weighted by Crippen LogP contribution is 2.34. The Bertz CT molecular complexity index is 851.